The molecule has 2 heteroatoms. The second kappa shape index (κ2) is 3.11. The van der Waals surface area contributed by atoms with Gasteiger partial charge in [0.15, 0.2) is 0 Å². The first-order chi connectivity index (χ1) is 5.02. The summed E-state index contributed by atoms with van der Waals surface area (Å²) in [5.74, 6) is 0. The van der Waals surface area contributed by atoms with Gasteiger partial charge in [0, 0.05) is 6.04 Å². The predicted molar refractivity (Wildman–Crippen MR) is 46.5 cm³/mol. The van der Waals surface area contributed by atoms with Gasteiger partial charge in [0.1, 0.15) is 0 Å². The van der Waals surface area contributed by atoms with E-state index in [1.165, 1.54) is 6.42 Å². The standard InChI is InChI=1S/C9H19NO/c1-9(2,3)8(11)7-5-4-6-10-7/h7-8,10-11H,4-6H2,1-3H3/t7-,8+/m0/s1. The van der Waals surface area contributed by atoms with Crippen LogP contribution in [0.5, 0.6) is 0 Å². The normalized spacial score (nSPS) is 28.9. The number of hydrogen-bond acceptors (Lipinski definition) is 2. The largest absolute Gasteiger partial charge is 0.391 e. The molecule has 0 aromatic heterocycles. The molecule has 0 spiro atoms. The minimum Gasteiger partial charge on any atom is -0.391 e. The highest BCUT2D eigenvalue weighted by Gasteiger charge is 2.31. The zero-order valence-electron chi connectivity index (χ0n) is 7.72. The maximum atomic E-state index is 9.82. The molecule has 0 aliphatic carbocycles. The predicted octanol–water partition coefficient (Wildman–Crippen LogP) is 1.15. The van der Waals surface area contributed by atoms with Crippen LogP contribution in [0.25, 0.3) is 0 Å². The Morgan fingerprint density at radius 3 is 2.45 bits per heavy atom. The number of nitrogens with one attached hydrogen (secondary N) is 1. The van der Waals surface area contributed by atoms with Crippen LogP contribution in [0.2, 0.25) is 0 Å². The molecule has 2 atom stereocenters. The first kappa shape index (κ1) is 9.01. The Balaban J connectivity index is 2.46. The summed E-state index contributed by atoms with van der Waals surface area (Å²) in [4.78, 5) is 0. The topological polar surface area (TPSA) is 32.3 Å². The van der Waals surface area contributed by atoms with Crippen molar-refractivity contribution in [2.24, 2.45) is 5.41 Å². The van der Waals surface area contributed by atoms with E-state index in [1.54, 1.807) is 0 Å². The van der Waals surface area contributed by atoms with Crippen LogP contribution in [0.4, 0.5) is 0 Å². The Kier molecular flexibility index (Phi) is 2.55. The summed E-state index contributed by atoms with van der Waals surface area (Å²) in [6.45, 7) is 7.31. The van der Waals surface area contributed by atoms with Crippen LogP contribution in [-0.4, -0.2) is 23.8 Å². The second-order valence-corrected chi connectivity index (χ2v) is 4.51. The summed E-state index contributed by atoms with van der Waals surface area (Å²) in [6.07, 6.45) is 2.13. The number of aliphatic hydroxyl groups excluding tert-OH is 1. The molecule has 1 aliphatic rings. The molecule has 11 heavy (non-hydrogen) atoms. The molecule has 2 N–H and O–H groups in total. The molecule has 1 heterocycles. The first-order valence-corrected chi connectivity index (χ1v) is 4.43. The highest BCUT2D eigenvalue weighted by Crippen LogP contribution is 2.25. The average molecular weight is 157 g/mol. The molecule has 0 bridgehead atoms. The van der Waals surface area contributed by atoms with Gasteiger partial charge in [-0.05, 0) is 24.8 Å². The number of aliphatic hydroxyl groups is 1. The van der Waals surface area contributed by atoms with E-state index >= 15 is 0 Å². The molecule has 0 amide bonds. The summed E-state index contributed by atoms with van der Waals surface area (Å²) >= 11 is 0. The highest BCUT2D eigenvalue weighted by atomic mass is 16.3. The third kappa shape index (κ3) is 2.17. The second-order valence-electron chi connectivity index (χ2n) is 4.51. The van der Waals surface area contributed by atoms with E-state index in [0.717, 1.165) is 13.0 Å². The number of hydrogen-bond donors (Lipinski definition) is 2. The van der Waals surface area contributed by atoms with Gasteiger partial charge in [-0.1, -0.05) is 20.8 Å². The molecule has 66 valence electrons. The molecule has 0 radical (unpaired) electrons. The fourth-order valence-corrected chi connectivity index (χ4v) is 1.58. The molecular weight excluding hydrogens is 138 g/mol. The van der Waals surface area contributed by atoms with Crippen molar-refractivity contribution in [1.82, 2.24) is 5.32 Å². The van der Waals surface area contributed by atoms with Crippen LogP contribution in [0.1, 0.15) is 33.6 Å². The van der Waals surface area contributed by atoms with Crippen LogP contribution < -0.4 is 5.32 Å². The Bertz CT molecular complexity index is 122. The third-order valence-corrected chi connectivity index (χ3v) is 2.37. The van der Waals surface area contributed by atoms with Gasteiger partial charge in [0.05, 0.1) is 6.10 Å². The van der Waals surface area contributed by atoms with Crippen molar-refractivity contribution in [1.29, 1.82) is 0 Å². The van der Waals surface area contributed by atoms with Gasteiger partial charge in [0.25, 0.3) is 0 Å². The van der Waals surface area contributed by atoms with Crippen LogP contribution in [0, 0.1) is 5.41 Å². The average Bonchev–Trinajstić information content (AvgIpc) is 2.34. The molecule has 0 aromatic carbocycles. The first-order valence-electron chi connectivity index (χ1n) is 4.43. The van der Waals surface area contributed by atoms with Crippen LogP contribution in [0.15, 0.2) is 0 Å². The van der Waals surface area contributed by atoms with E-state index in [0.29, 0.717) is 6.04 Å². The van der Waals surface area contributed by atoms with Crippen LogP contribution >= 0.6 is 0 Å². The van der Waals surface area contributed by atoms with Crippen molar-refractivity contribution in [2.45, 2.75) is 45.8 Å². The van der Waals surface area contributed by atoms with E-state index in [1.807, 2.05) is 0 Å². The molecule has 0 aromatic rings. The molecule has 1 rings (SSSR count). The molecule has 1 aliphatic heterocycles. The summed E-state index contributed by atoms with van der Waals surface area (Å²) in [7, 11) is 0. The van der Waals surface area contributed by atoms with Gasteiger partial charge in [-0.15, -0.1) is 0 Å². The highest BCUT2D eigenvalue weighted by molar-refractivity contribution is 4.87. The summed E-state index contributed by atoms with van der Waals surface area (Å²) < 4.78 is 0. The van der Waals surface area contributed by atoms with Crippen LogP contribution in [-0.2, 0) is 0 Å². The monoisotopic (exact) mass is 157 g/mol. The molecule has 0 unspecified atom stereocenters. The van der Waals surface area contributed by atoms with Crippen LogP contribution in [0.3, 0.4) is 0 Å². The van der Waals surface area contributed by atoms with Gasteiger partial charge in [-0.2, -0.15) is 0 Å². The molecule has 1 saturated heterocycles. The lowest BCUT2D eigenvalue weighted by molar-refractivity contribution is 0.0347. The summed E-state index contributed by atoms with van der Waals surface area (Å²) in [5, 5.41) is 13.1. The Labute approximate surface area is 69.0 Å². The minimum atomic E-state index is -0.204. The van der Waals surface area contributed by atoms with Crippen molar-refractivity contribution in [3.63, 3.8) is 0 Å². The van der Waals surface area contributed by atoms with E-state index in [2.05, 4.69) is 26.1 Å². The van der Waals surface area contributed by atoms with E-state index in [9.17, 15) is 5.11 Å². The van der Waals surface area contributed by atoms with Crippen molar-refractivity contribution >= 4 is 0 Å². The fraction of sp³-hybridized carbons (Fsp3) is 1.00. The Morgan fingerprint density at radius 1 is 1.45 bits per heavy atom. The van der Waals surface area contributed by atoms with Gasteiger partial charge in [-0.3, -0.25) is 0 Å². The third-order valence-electron chi connectivity index (χ3n) is 2.37. The summed E-state index contributed by atoms with van der Waals surface area (Å²) in [6, 6.07) is 0.329. The lowest BCUT2D eigenvalue weighted by atomic mass is 9.84. The summed E-state index contributed by atoms with van der Waals surface area (Å²) in [5.41, 5.74) is 0.0159. The van der Waals surface area contributed by atoms with Gasteiger partial charge in [-0.25, -0.2) is 0 Å². The van der Waals surface area contributed by atoms with E-state index in [4.69, 9.17) is 0 Å². The van der Waals surface area contributed by atoms with Crippen molar-refractivity contribution in [3.8, 4) is 0 Å². The van der Waals surface area contributed by atoms with Crippen molar-refractivity contribution in [2.75, 3.05) is 6.54 Å². The minimum absolute atomic E-state index is 0.0159. The quantitative estimate of drug-likeness (QED) is 0.598. The molecular formula is C9H19NO. The van der Waals surface area contributed by atoms with Gasteiger partial charge in [0.2, 0.25) is 0 Å². The Morgan fingerprint density at radius 2 is 2.09 bits per heavy atom. The SMILES string of the molecule is CC(C)(C)[C@H](O)[C@@H]1CCCN1. The zero-order valence-corrected chi connectivity index (χ0v) is 7.72. The lowest BCUT2D eigenvalue weighted by Crippen LogP contribution is -2.43. The molecule has 2 nitrogen and oxygen atoms in total. The number of rotatable bonds is 1. The maximum absolute atomic E-state index is 9.82. The van der Waals surface area contributed by atoms with Gasteiger partial charge < -0.3 is 10.4 Å². The molecule has 0 saturated carbocycles. The fourth-order valence-electron chi connectivity index (χ4n) is 1.58. The lowest BCUT2D eigenvalue weighted by Gasteiger charge is -2.30. The van der Waals surface area contributed by atoms with Crippen molar-refractivity contribution < 1.29 is 5.11 Å². The molecule has 1 fully saturated rings. The van der Waals surface area contributed by atoms with E-state index in [-0.39, 0.29) is 11.5 Å². The van der Waals surface area contributed by atoms with E-state index < -0.39 is 0 Å². The zero-order chi connectivity index (χ0) is 8.48. The maximum Gasteiger partial charge on any atom is 0.0741 e. The smallest absolute Gasteiger partial charge is 0.0741 e. The van der Waals surface area contributed by atoms with Crippen molar-refractivity contribution in [3.05, 3.63) is 0 Å². The van der Waals surface area contributed by atoms with Gasteiger partial charge >= 0.3 is 0 Å². The Hall–Kier alpha value is -0.0800.